The SMILES string of the molecule is CC(C)(C)c1ccc(Sc2cc(O)c3c(c2N)C(=O)c2ccccc2C3=O)cc1. The topological polar surface area (TPSA) is 80.4 Å². The molecule has 0 radical (unpaired) electrons. The summed E-state index contributed by atoms with van der Waals surface area (Å²) >= 11 is 1.36. The van der Waals surface area contributed by atoms with Crippen LogP contribution in [0.4, 0.5) is 5.69 Å². The van der Waals surface area contributed by atoms with Gasteiger partial charge in [0, 0.05) is 20.9 Å². The van der Waals surface area contributed by atoms with Crippen LogP contribution >= 0.6 is 11.8 Å². The third kappa shape index (κ3) is 3.21. The number of rotatable bonds is 2. The molecule has 3 aromatic carbocycles. The Kier molecular flexibility index (Phi) is 4.50. The van der Waals surface area contributed by atoms with Crippen molar-refractivity contribution in [2.45, 2.75) is 36.0 Å². The lowest BCUT2D eigenvalue weighted by Crippen LogP contribution is -2.22. The predicted octanol–water partition coefficient (Wildman–Crippen LogP) is 5.20. The number of aromatic hydroxyl groups is 1. The highest BCUT2D eigenvalue weighted by atomic mass is 32.2. The summed E-state index contributed by atoms with van der Waals surface area (Å²) in [5.74, 6) is -0.949. The molecule has 5 heteroatoms. The molecule has 1 aliphatic rings. The molecule has 0 amide bonds. The third-order valence-corrected chi connectivity index (χ3v) is 6.19. The van der Waals surface area contributed by atoms with Gasteiger partial charge in [0.2, 0.25) is 0 Å². The molecule has 0 saturated carbocycles. The van der Waals surface area contributed by atoms with Gasteiger partial charge in [0.1, 0.15) is 5.75 Å². The highest BCUT2D eigenvalue weighted by Gasteiger charge is 2.34. The summed E-state index contributed by atoms with van der Waals surface area (Å²) < 4.78 is 0. The first-order chi connectivity index (χ1) is 13.7. The van der Waals surface area contributed by atoms with E-state index in [2.05, 4.69) is 32.9 Å². The second-order valence-electron chi connectivity index (χ2n) is 8.14. The quantitative estimate of drug-likeness (QED) is 0.355. The van der Waals surface area contributed by atoms with E-state index in [1.807, 2.05) is 12.1 Å². The monoisotopic (exact) mass is 403 g/mol. The van der Waals surface area contributed by atoms with E-state index in [1.54, 1.807) is 24.3 Å². The molecule has 3 N–H and O–H groups in total. The van der Waals surface area contributed by atoms with Gasteiger partial charge in [-0.15, -0.1) is 0 Å². The molecule has 0 aromatic heterocycles. The van der Waals surface area contributed by atoms with Gasteiger partial charge in [-0.05, 0) is 29.2 Å². The van der Waals surface area contributed by atoms with Gasteiger partial charge < -0.3 is 10.8 Å². The van der Waals surface area contributed by atoms with Crippen LogP contribution < -0.4 is 5.73 Å². The lowest BCUT2D eigenvalue weighted by molar-refractivity contribution is 0.0977. The van der Waals surface area contributed by atoms with Crippen LogP contribution in [0.15, 0.2) is 64.4 Å². The number of anilines is 1. The van der Waals surface area contributed by atoms with Crippen molar-refractivity contribution in [1.29, 1.82) is 0 Å². The van der Waals surface area contributed by atoms with Crippen LogP contribution in [0.2, 0.25) is 0 Å². The Labute approximate surface area is 173 Å². The van der Waals surface area contributed by atoms with E-state index in [1.165, 1.54) is 23.4 Å². The number of carbonyl (C=O) groups excluding carboxylic acids is 2. The number of ketones is 2. The fourth-order valence-electron chi connectivity index (χ4n) is 3.51. The molecule has 3 aromatic rings. The summed E-state index contributed by atoms with van der Waals surface area (Å²) in [7, 11) is 0. The number of hydrogen-bond donors (Lipinski definition) is 2. The van der Waals surface area contributed by atoms with Gasteiger partial charge in [-0.1, -0.05) is 68.9 Å². The van der Waals surface area contributed by atoms with Crippen molar-refractivity contribution in [1.82, 2.24) is 0 Å². The summed E-state index contributed by atoms with van der Waals surface area (Å²) in [5.41, 5.74) is 8.47. The van der Waals surface area contributed by atoms with Gasteiger partial charge in [0.05, 0.1) is 16.8 Å². The number of benzene rings is 3. The molecule has 0 fully saturated rings. The van der Waals surface area contributed by atoms with Crippen molar-refractivity contribution in [2.75, 3.05) is 5.73 Å². The number of hydrogen-bond acceptors (Lipinski definition) is 5. The van der Waals surface area contributed by atoms with Crippen LogP contribution in [0, 0.1) is 0 Å². The summed E-state index contributed by atoms with van der Waals surface area (Å²) in [6, 6.07) is 16.2. The molecule has 0 heterocycles. The average Bonchev–Trinajstić information content (AvgIpc) is 2.68. The van der Waals surface area contributed by atoms with Crippen LogP contribution in [0.1, 0.15) is 58.2 Å². The molecular weight excluding hydrogens is 382 g/mol. The van der Waals surface area contributed by atoms with E-state index in [0.29, 0.717) is 10.5 Å². The number of fused-ring (bicyclic) bond motifs is 2. The first kappa shape index (κ1) is 19.3. The van der Waals surface area contributed by atoms with E-state index in [-0.39, 0.29) is 45.1 Å². The molecule has 0 atom stereocenters. The second kappa shape index (κ2) is 6.78. The molecule has 4 nitrogen and oxygen atoms in total. The second-order valence-corrected chi connectivity index (χ2v) is 9.25. The first-order valence-electron chi connectivity index (χ1n) is 9.30. The van der Waals surface area contributed by atoms with Crippen molar-refractivity contribution < 1.29 is 14.7 Å². The van der Waals surface area contributed by atoms with E-state index in [4.69, 9.17) is 5.73 Å². The lowest BCUT2D eigenvalue weighted by Gasteiger charge is -2.22. The molecule has 4 rings (SSSR count). The van der Waals surface area contributed by atoms with Gasteiger partial charge in [-0.25, -0.2) is 0 Å². The Morgan fingerprint density at radius 2 is 1.41 bits per heavy atom. The zero-order valence-corrected chi connectivity index (χ0v) is 17.3. The van der Waals surface area contributed by atoms with Crippen molar-refractivity contribution in [3.8, 4) is 5.75 Å². The predicted molar refractivity (Wildman–Crippen MR) is 115 cm³/mol. The minimum atomic E-state index is -0.384. The van der Waals surface area contributed by atoms with Crippen molar-refractivity contribution in [3.63, 3.8) is 0 Å². The van der Waals surface area contributed by atoms with Gasteiger partial charge in [-0.3, -0.25) is 9.59 Å². The van der Waals surface area contributed by atoms with Crippen molar-refractivity contribution in [2.24, 2.45) is 0 Å². The molecule has 0 aliphatic heterocycles. The Morgan fingerprint density at radius 1 is 0.862 bits per heavy atom. The fourth-order valence-corrected chi connectivity index (χ4v) is 4.42. The molecule has 0 spiro atoms. The number of nitrogens with two attached hydrogens (primary N) is 1. The van der Waals surface area contributed by atoms with Gasteiger partial charge >= 0.3 is 0 Å². The van der Waals surface area contributed by atoms with Gasteiger partial charge in [0.25, 0.3) is 0 Å². The van der Waals surface area contributed by atoms with E-state index < -0.39 is 0 Å². The molecule has 146 valence electrons. The van der Waals surface area contributed by atoms with Crippen LogP contribution in [0.3, 0.4) is 0 Å². The lowest BCUT2D eigenvalue weighted by atomic mass is 9.83. The molecule has 0 bridgehead atoms. The summed E-state index contributed by atoms with van der Waals surface area (Å²) in [6.45, 7) is 6.44. The highest BCUT2D eigenvalue weighted by molar-refractivity contribution is 7.99. The van der Waals surface area contributed by atoms with Crippen LogP contribution in [-0.2, 0) is 5.41 Å². The third-order valence-electron chi connectivity index (χ3n) is 5.13. The van der Waals surface area contributed by atoms with E-state index >= 15 is 0 Å². The number of phenolic OH excluding ortho intramolecular Hbond substituents is 1. The van der Waals surface area contributed by atoms with Crippen molar-refractivity contribution >= 4 is 29.0 Å². The summed E-state index contributed by atoms with van der Waals surface area (Å²) in [5, 5.41) is 10.6. The average molecular weight is 404 g/mol. The zero-order chi connectivity index (χ0) is 20.9. The molecule has 1 aliphatic carbocycles. The Morgan fingerprint density at radius 3 is 1.97 bits per heavy atom. The van der Waals surface area contributed by atoms with Crippen molar-refractivity contribution in [3.05, 3.63) is 82.4 Å². The number of phenols is 1. The minimum Gasteiger partial charge on any atom is -0.507 e. The molecule has 0 saturated heterocycles. The van der Waals surface area contributed by atoms with Gasteiger partial charge in [-0.2, -0.15) is 0 Å². The summed E-state index contributed by atoms with van der Waals surface area (Å²) in [4.78, 5) is 27.4. The largest absolute Gasteiger partial charge is 0.507 e. The Hall–Kier alpha value is -3.05. The van der Waals surface area contributed by atoms with E-state index in [0.717, 1.165) is 4.90 Å². The van der Waals surface area contributed by atoms with Gasteiger partial charge in [0.15, 0.2) is 11.6 Å². The number of nitrogen functional groups attached to an aromatic ring is 1. The maximum atomic E-state index is 13.0. The first-order valence-corrected chi connectivity index (χ1v) is 10.1. The normalized spacial score (nSPS) is 13.2. The smallest absolute Gasteiger partial charge is 0.198 e. The minimum absolute atomic E-state index is 0.0152. The van der Waals surface area contributed by atoms with Crippen LogP contribution in [-0.4, -0.2) is 16.7 Å². The number of carbonyl (C=O) groups is 2. The maximum Gasteiger partial charge on any atom is 0.198 e. The molecule has 29 heavy (non-hydrogen) atoms. The van der Waals surface area contributed by atoms with Crippen LogP contribution in [0.25, 0.3) is 0 Å². The Balaban J connectivity index is 1.77. The van der Waals surface area contributed by atoms with E-state index in [9.17, 15) is 14.7 Å². The summed E-state index contributed by atoms with van der Waals surface area (Å²) in [6.07, 6.45) is 0. The Bertz CT molecular complexity index is 1160. The standard InChI is InChI=1S/C24H21NO3S/c1-24(2,3)13-8-10-14(11-9-13)29-18-12-17(26)19-20(21(18)25)23(28)16-7-5-4-6-15(16)22(19)27/h4-12,26H,25H2,1-3H3. The molecular formula is C24H21NO3S. The maximum absolute atomic E-state index is 13.0. The highest BCUT2D eigenvalue weighted by Crippen LogP contribution is 2.43. The zero-order valence-electron chi connectivity index (χ0n) is 16.4. The fraction of sp³-hybridized carbons (Fsp3) is 0.167. The molecule has 0 unspecified atom stereocenters. The van der Waals surface area contributed by atoms with Crippen LogP contribution in [0.5, 0.6) is 5.75 Å².